The van der Waals surface area contributed by atoms with Crippen LogP contribution in [0.2, 0.25) is 0 Å². The van der Waals surface area contributed by atoms with E-state index in [-0.39, 0.29) is 57.2 Å². The Labute approximate surface area is 186 Å². The van der Waals surface area contributed by atoms with Gasteiger partial charge in [-0.3, -0.25) is 19.3 Å². The van der Waals surface area contributed by atoms with E-state index in [0.717, 1.165) is 4.90 Å². The van der Waals surface area contributed by atoms with Crippen molar-refractivity contribution in [2.75, 3.05) is 53.0 Å². The maximum Gasteiger partial charge on any atom is 0.409 e. The molecule has 0 spiro atoms. The summed E-state index contributed by atoms with van der Waals surface area (Å²) >= 11 is 0. The van der Waals surface area contributed by atoms with Gasteiger partial charge in [-0.1, -0.05) is 18.2 Å². The molecule has 2 fully saturated rings. The summed E-state index contributed by atoms with van der Waals surface area (Å²) in [6.45, 7) is 3.29. The normalized spacial score (nSPS) is 21.3. The molecule has 0 aliphatic carbocycles. The Hall–Kier alpha value is -3.01. The average molecular weight is 449 g/mol. The lowest BCUT2D eigenvalue weighted by Gasteiger charge is -2.36. The summed E-state index contributed by atoms with van der Waals surface area (Å²) in [5.74, 6) is -2.06. The number of carbonyl (C=O) groups is 4. The third-order valence-corrected chi connectivity index (χ3v) is 5.93. The molecule has 1 aromatic rings. The van der Waals surface area contributed by atoms with Crippen molar-refractivity contribution in [1.29, 1.82) is 0 Å². The minimum atomic E-state index is -1.61. The molecular formula is C22H28FN3O6. The molecule has 0 aromatic heterocycles. The molecule has 9 nitrogen and oxygen atoms in total. The molecule has 1 unspecified atom stereocenters. The number of piperazine rings is 1. The van der Waals surface area contributed by atoms with Crippen LogP contribution in [0.25, 0.3) is 0 Å². The van der Waals surface area contributed by atoms with Crippen LogP contribution in [0, 0.1) is 5.82 Å². The summed E-state index contributed by atoms with van der Waals surface area (Å²) in [6, 6.07) is 5.74. The highest BCUT2D eigenvalue weighted by Gasteiger charge is 2.55. The molecule has 0 N–H and O–H groups in total. The van der Waals surface area contributed by atoms with Crippen LogP contribution < -0.4 is 0 Å². The molecule has 1 atom stereocenters. The largest absolute Gasteiger partial charge is 0.450 e. The van der Waals surface area contributed by atoms with E-state index in [1.165, 1.54) is 35.1 Å². The van der Waals surface area contributed by atoms with Crippen LogP contribution >= 0.6 is 0 Å². The lowest BCUT2D eigenvalue weighted by atomic mass is 9.75. The Kier molecular flexibility index (Phi) is 7.44. The van der Waals surface area contributed by atoms with Crippen molar-refractivity contribution in [1.82, 2.24) is 14.7 Å². The molecule has 2 aliphatic rings. The van der Waals surface area contributed by atoms with Gasteiger partial charge in [-0.05, 0) is 13.0 Å². The van der Waals surface area contributed by atoms with Crippen LogP contribution in [0.15, 0.2) is 24.3 Å². The van der Waals surface area contributed by atoms with E-state index in [9.17, 15) is 23.6 Å². The van der Waals surface area contributed by atoms with E-state index in [2.05, 4.69) is 0 Å². The highest BCUT2D eigenvalue weighted by Crippen LogP contribution is 2.41. The van der Waals surface area contributed by atoms with E-state index in [1.807, 2.05) is 0 Å². The van der Waals surface area contributed by atoms with Gasteiger partial charge < -0.3 is 19.3 Å². The summed E-state index contributed by atoms with van der Waals surface area (Å²) in [7, 11) is 1.45. The fourth-order valence-electron chi connectivity index (χ4n) is 4.23. The number of hydrogen-bond donors (Lipinski definition) is 0. The highest BCUT2D eigenvalue weighted by molar-refractivity contribution is 6.10. The Morgan fingerprint density at radius 1 is 1.09 bits per heavy atom. The number of likely N-dealkylation sites (tertiary alicyclic amines) is 1. The fraction of sp³-hybridized carbons (Fsp3) is 0.545. The SMILES string of the molecule is CCOC(=O)N1CCN(C(=O)CC2(c3ccccc3F)CC(=O)N(CCOC)C2=O)CC1. The van der Waals surface area contributed by atoms with Gasteiger partial charge in [0.05, 0.1) is 25.2 Å². The first kappa shape index (κ1) is 23.6. The number of hydrogen-bond acceptors (Lipinski definition) is 6. The van der Waals surface area contributed by atoms with Gasteiger partial charge in [0, 0.05) is 51.7 Å². The van der Waals surface area contributed by atoms with E-state index in [4.69, 9.17) is 9.47 Å². The summed E-state index contributed by atoms with van der Waals surface area (Å²) in [5, 5.41) is 0. The fourth-order valence-corrected chi connectivity index (χ4v) is 4.23. The molecular weight excluding hydrogens is 421 g/mol. The monoisotopic (exact) mass is 449 g/mol. The van der Waals surface area contributed by atoms with Crippen LogP contribution in [0.1, 0.15) is 25.3 Å². The van der Waals surface area contributed by atoms with Gasteiger partial charge in [0.2, 0.25) is 17.7 Å². The third kappa shape index (κ3) is 4.59. The zero-order valence-corrected chi connectivity index (χ0v) is 18.3. The Morgan fingerprint density at radius 2 is 1.75 bits per heavy atom. The molecule has 174 valence electrons. The van der Waals surface area contributed by atoms with E-state index in [1.54, 1.807) is 13.0 Å². The first-order valence-corrected chi connectivity index (χ1v) is 10.6. The minimum absolute atomic E-state index is 0.0385. The average Bonchev–Trinajstić information content (AvgIpc) is 3.02. The molecule has 0 saturated carbocycles. The van der Waals surface area contributed by atoms with Gasteiger partial charge in [-0.15, -0.1) is 0 Å². The second kappa shape index (κ2) is 10.1. The zero-order valence-electron chi connectivity index (χ0n) is 18.3. The van der Waals surface area contributed by atoms with Crippen molar-refractivity contribution in [2.45, 2.75) is 25.2 Å². The maximum atomic E-state index is 14.8. The van der Waals surface area contributed by atoms with Crippen molar-refractivity contribution in [3.8, 4) is 0 Å². The first-order valence-electron chi connectivity index (χ1n) is 10.6. The van der Waals surface area contributed by atoms with Crippen LogP contribution in [0.3, 0.4) is 0 Å². The lowest BCUT2D eigenvalue weighted by Crippen LogP contribution is -2.52. The van der Waals surface area contributed by atoms with E-state index in [0.29, 0.717) is 13.1 Å². The third-order valence-electron chi connectivity index (χ3n) is 5.93. The molecule has 2 saturated heterocycles. The Morgan fingerprint density at radius 3 is 2.38 bits per heavy atom. The number of nitrogens with zero attached hydrogens (tertiary/aromatic N) is 3. The second-order valence-corrected chi connectivity index (χ2v) is 7.83. The molecule has 2 aliphatic heterocycles. The number of benzene rings is 1. The first-order chi connectivity index (χ1) is 15.3. The van der Waals surface area contributed by atoms with Crippen LogP contribution in [0.4, 0.5) is 9.18 Å². The molecule has 4 amide bonds. The predicted octanol–water partition coefficient (Wildman–Crippen LogP) is 1.16. The quantitative estimate of drug-likeness (QED) is 0.580. The number of rotatable bonds is 7. The van der Waals surface area contributed by atoms with Gasteiger partial charge in [-0.2, -0.15) is 0 Å². The van der Waals surface area contributed by atoms with Crippen molar-refractivity contribution in [3.05, 3.63) is 35.6 Å². The summed E-state index contributed by atoms with van der Waals surface area (Å²) in [6.07, 6.45) is -1.06. The minimum Gasteiger partial charge on any atom is -0.450 e. The Balaban J connectivity index is 1.81. The molecule has 32 heavy (non-hydrogen) atoms. The number of carbonyl (C=O) groups excluding carboxylic acids is 4. The summed E-state index contributed by atoms with van der Waals surface area (Å²) in [4.78, 5) is 55.2. The van der Waals surface area contributed by atoms with Crippen LogP contribution in [-0.2, 0) is 29.3 Å². The molecule has 2 heterocycles. The molecule has 1 aromatic carbocycles. The maximum absolute atomic E-state index is 14.8. The highest BCUT2D eigenvalue weighted by atomic mass is 19.1. The Bertz CT molecular complexity index is 886. The van der Waals surface area contributed by atoms with Crippen molar-refractivity contribution < 1.29 is 33.0 Å². The van der Waals surface area contributed by atoms with Crippen molar-refractivity contribution in [2.24, 2.45) is 0 Å². The van der Waals surface area contributed by atoms with Gasteiger partial charge in [0.25, 0.3) is 0 Å². The topological polar surface area (TPSA) is 96.5 Å². The smallest absolute Gasteiger partial charge is 0.409 e. The van der Waals surface area contributed by atoms with E-state index < -0.39 is 29.1 Å². The van der Waals surface area contributed by atoms with Gasteiger partial charge in [0.15, 0.2) is 0 Å². The van der Waals surface area contributed by atoms with Crippen LogP contribution in [-0.4, -0.2) is 91.6 Å². The lowest BCUT2D eigenvalue weighted by molar-refractivity contribution is -0.143. The predicted molar refractivity (Wildman–Crippen MR) is 111 cm³/mol. The number of halogens is 1. The number of imide groups is 1. The summed E-state index contributed by atoms with van der Waals surface area (Å²) < 4.78 is 24.8. The molecule has 10 heteroatoms. The van der Waals surface area contributed by atoms with Gasteiger partial charge >= 0.3 is 6.09 Å². The summed E-state index contributed by atoms with van der Waals surface area (Å²) in [5.41, 5.74) is -1.57. The van der Waals surface area contributed by atoms with Crippen molar-refractivity contribution >= 4 is 23.8 Å². The van der Waals surface area contributed by atoms with Gasteiger partial charge in [0.1, 0.15) is 5.82 Å². The van der Waals surface area contributed by atoms with Crippen LogP contribution in [0.5, 0.6) is 0 Å². The second-order valence-electron chi connectivity index (χ2n) is 7.83. The standard InChI is InChI=1S/C22H28FN3O6/c1-3-32-21(30)25-10-8-24(9-11-25)18(27)14-22(16-6-4-5-7-17(16)23)15-19(28)26(20(22)29)12-13-31-2/h4-7H,3,8-15H2,1-2H3. The number of amides is 4. The molecule has 0 bridgehead atoms. The molecule has 0 radical (unpaired) electrons. The molecule has 3 rings (SSSR count). The van der Waals surface area contributed by atoms with Gasteiger partial charge in [-0.25, -0.2) is 9.18 Å². The van der Waals surface area contributed by atoms with Crippen molar-refractivity contribution in [3.63, 3.8) is 0 Å². The zero-order chi connectivity index (χ0) is 23.3. The number of ether oxygens (including phenoxy) is 2. The van der Waals surface area contributed by atoms with E-state index >= 15 is 0 Å². The number of methoxy groups -OCH3 is 1.